The molecule has 5 heteroatoms. The van der Waals surface area contributed by atoms with E-state index in [2.05, 4.69) is 18.6 Å². The van der Waals surface area contributed by atoms with Gasteiger partial charge in [-0.3, -0.25) is 0 Å². The summed E-state index contributed by atoms with van der Waals surface area (Å²) in [7, 11) is 0. The number of ether oxygens (including phenoxy) is 1. The Hall–Kier alpha value is -1.26. The Morgan fingerprint density at radius 3 is 1.94 bits per heavy atom. The van der Waals surface area contributed by atoms with Crippen LogP contribution < -0.4 is 4.74 Å². The second-order valence-electron chi connectivity index (χ2n) is 10.7. The van der Waals surface area contributed by atoms with Gasteiger partial charge in [-0.1, -0.05) is 64.9 Å². The minimum absolute atomic E-state index is 0.646. The van der Waals surface area contributed by atoms with E-state index in [1.54, 1.807) is 6.07 Å². The lowest BCUT2D eigenvalue weighted by Crippen LogP contribution is -2.26. The molecular weight excluding hydrogens is 416 g/mol. The maximum atomic E-state index is 13.9. The van der Waals surface area contributed by atoms with Crippen molar-refractivity contribution in [2.45, 2.75) is 104 Å². The highest BCUT2D eigenvalue weighted by molar-refractivity contribution is 5.29. The van der Waals surface area contributed by atoms with Crippen LogP contribution in [-0.4, -0.2) is 6.36 Å². The first-order valence-electron chi connectivity index (χ1n) is 12.7. The van der Waals surface area contributed by atoms with E-state index in [1.807, 2.05) is 0 Å². The fraction of sp³-hybridized carbons (Fsp3) is 0.778. The molecule has 2 saturated carbocycles. The molecule has 0 aliphatic heterocycles. The highest BCUT2D eigenvalue weighted by Gasteiger charge is 2.33. The zero-order valence-corrected chi connectivity index (χ0v) is 19.7. The normalized spacial score (nSPS) is 27.0. The van der Waals surface area contributed by atoms with E-state index >= 15 is 0 Å². The lowest BCUT2D eigenvalue weighted by molar-refractivity contribution is -0.275. The zero-order chi connectivity index (χ0) is 23.1. The second kappa shape index (κ2) is 11.7. The van der Waals surface area contributed by atoms with E-state index in [9.17, 15) is 17.6 Å². The fourth-order valence-electron chi connectivity index (χ4n) is 5.99. The van der Waals surface area contributed by atoms with Crippen LogP contribution in [0.15, 0.2) is 18.2 Å². The van der Waals surface area contributed by atoms with Crippen molar-refractivity contribution in [1.29, 1.82) is 0 Å². The van der Waals surface area contributed by atoms with Crippen LogP contribution in [0.25, 0.3) is 0 Å². The van der Waals surface area contributed by atoms with Crippen molar-refractivity contribution in [2.75, 3.05) is 0 Å². The number of hydrogen-bond donors (Lipinski definition) is 0. The molecule has 2 fully saturated rings. The van der Waals surface area contributed by atoms with Crippen LogP contribution in [0.4, 0.5) is 17.6 Å². The summed E-state index contributed by atoms with van der Waals surface area (Å²) in [5.41, 5.74) is 0.745. The molecule has 0 radical (unpaired) electrons. The average Bonchev–Trinajstić information content (AvgIpc) is 2.74. The quantitative estimate of drug-likeness (QED) is 0.337. The predicted octanol–water partition coefficient (Wildman–Crippen LogP) is 9.10. The van der Waals surface area contributed by atoms with Crippen molar-refractivity contribution >= 4 is 0 Å². The molecule has 0 amide bonds. The summed E-state index contributed by atoms with van der Waals surface area (Å²) in [5.74, 6) is 2.51. The lowest BCUT2D eigenvalue weighted by atomic mass is 9.68. The third kappa shape index (κ3) is 8.26. The second-order valence-corrected chi connectivity index (χ2v) is 10.7. The monoisotopic (exact) mass is 456 g/mol. The largest absolute Gasteiger partial charge is 0.573 e. The Bertz CT molecular complexity index is 683. The van der Waals surface area contributed by atoms with Crippen molar-refractivity contribution in [3.63, 3.8) is 0 Å². The van der Waals surface area contributed by atoms with Crippen LogP contribution in [0.1, 0.15) is 96.5 Å². The first-order valence-corrected chi connectivity index (χ1v) is 12.7. The SMILES string of the molecule is CC(C)CCCC1CCC(C2CCC(CCc3ccc(OC(F)(F)F)c(F)c3)CC2)CC1. The summed E-state index contributed by atoms with van der Waals surface area (Å²) < 4.78 is 54.5. The summed E-state index contributed by atoms with van der Waals surface area (Å²) in [6, 6.07) is 3.83. The van der Waals surface area contributed by atoms with Gasteiger partial charge in [0.15, 0.2) is 11.6 Å². The van der Waals surface area contributed by atoms with Crippen LogP contribution in [0.2, 0.25) is 0 Å². The molecular formula is C27H40F4O. The Morgan fingerprint density at radius 1 is 0.875 bits per heavy atom. The number of hydrogen-bond acceptors (Lipinski definition) is 1. The molecule has 1 nitrogen and oxygen atoms in total. The van der Waals surface area contributed by atoms with Gasteiger partial charge in [0.1, 0.15) is 0 Å². The first kappa shape index (κ1) is 25.4. The highest BCUT2D eigenvalue weighted by atomic mass is 19.4. The van der Waals surface area contributed by atoms with Gasteiger partial charge in [-0.15, -0.1) is 13.2 Å². The van der Waals surface area contributed by atoms with Gasteiger partial charge < -0.3 is 4.74 Å². The molecule has 0 atom stereocenters. The van der Waals surface area contributed by atoms with Crippen molar-refractivity contribution in [1.82, 2.24) is 0 Å². The molecule has 3 rings (SSSR count). The summed E-state index contributed by atoms with van der Waals surface area (Å²) in [5, 5.41) is 0. The van der Waals surface area contributed by atoms with Crippen LogP contribution in [-0.2, 0) is 6.42 Å². The van der Waals surface area contributed by atoms with Crippen LogP contribution in [0.3, 0.4) is 0 Å². The smallest absolute Gasteiger partial charge is 0.403 e. The Balaban J connectivity index is 1.35. The Morgan fingerprint density at radius 2 is 1.44 bits per heavy atom. The van der Waals surface area contributed by atoms with Gasteiger partial charge in [0.25, 0.3) is 0 Å². The topological polar surface area (TPSA) is 9.23 Å². The molecule has 2 aliphatic rings. The van der Waals surface area contributed by atoms with E-state index in [4.69, 9.17) is 0 Å². The fourth-order valence-corrected chi connectivity index (χ4v) is 5.99. The molecule has 2 aliphatic carbocycles. The van der Waals surface area contributed by atoms with Crippen molar-refractivity contribution in [3.8, 4) is 5.75 Å². The molecule has 0 spiro atoms. The molecule has 32 heavy (non-hydrogen) atoms. The van der Waals surface area contributed by atoms with Gasteiger partial charge in [-0.2, -0.15) is 0 Å². The van der Waals surface area contributed by atoms with Crippen LogP contribution in [0, 0.1) is 35.4 Å². The third-order valence-electron chi connectivity index (χ3n) is 7.91. The predicted molar refractivity (Wildman–Crippen MR) is 121 cm³/mol. The summed E-state index contributed by atoms with van der Waals surface area (Å²) in [6.45, 7) is 4.63. The van der Waals surface area contributed by atoms with Gasteiger partial charge in [-0.25, -0.2) is 4.39 Å². The average molecular weight is 457 g/mol. The molecule has 0 heterocycles. The minimum Gasteiger partial charge on any atom is -0.403 e. The third-order valence-corrected chi connectivity index (χ3v) is 7.91. The molecule has 1 aromatic carbocycles. The maximum Gasteiger partial charge on any atom is 0.573 e. The molecule has 0 saturated heterocycles. The summed E-state index contributed by atoms with van der Waals surface area (Å²) >= 11 is 0. The number of rotatable bonds is 9. The van der Waals surface area contributed by atoms with Crippen LogP contribution >= 0.6 is 0 Å². The van der Waals surface area contributed by atoms with Crippen molar-refractivity contribution < 1.29 is 22.3 Å². The van der Waals surface area contributed by atoms with E-state index in [0.717, 1.165) is 41.7 Å². The maximum absolute atomic E-state index is 13.9. The number of alkyl halides is 3. The number of halogens is 4. The standard InChI is InChI=1S/C27H40F4O/c1-19(2)4-3-5-20-8-13-23(14-9-20)24-15-10-21(11-16-24)6-7-22-12-17-26(25(28)18-22)32-27(29,30)31/h12,17-21,23-24H,3-11,13-16H2,1-2H3. The Kier molecular flexibility index (Phi) is 9.31. The molecule has 1 aromatic rings. The zero-order valence-electron chi connectivity index (χ0n) is 19.7. The van der Waals surface area contributed by atoms with Gasteiger partial charge >= 0.3 is 6.36 Å². The van der Waals surface area contributed by atoms with Crippen molar-refractivity contribution in [3.05, 3.63) is 29.6 Å². The van der Waals surface area contributed by atoms with Gasteiger partial charge in [0, 0.05) is 0 Å². The molecule has 0 aromatic heterocycles. The number of aryl methyl sites for hydroxylation is 1. The van der Waals surface area contributed by atoms with E-state index in [0.29, 0.717) is 12.3 Å². The van der Waals surface area contributed by atoms with E-state index in [1.165, 1.54) is 76.7 Å². The van der Waals surface area contributed by atoms with E-state index in [-0.39, 0.29) is 0 Å². The molecule has 0 unspecified atom stereocenters. The number of benzene rings is 1. The minimum atomic E-state index is -4.87. The van der Waals surface area contributed by atoms with Gasteiger partial charge in [0.2, 0.25) is 0 Å². The first-order chi connectivity index (χ1) is 15.2. The molecule has 0 bridgehead atoms. The summed E-state index contributed by atoms with van der Waals surface area (Å²) in [4.78, 5) is 0. The van der Waals surface area contributed by atoms with E-state index < -0.39 is 17.9 Å². The van der Waals surface area contributed by atoms with Crippen LogP contribution in [0.5, 0.6) is 5.75 Å². The molecule has 182 valence electrons. The highest BCUT2D eigenvalue weighted by Crippen LogP contribution is 2.43. The van der Waals surface area contributed by atoms with Gasteiger partial charge in [-0.05, 0) is 85.8 Å². The Labute approximate surface area is 191 Å². The summed E-state index contributed by atoms with van der Waals surface area (Å²) in [6.07, 6.45) is 11.7. The molecule has 0 N–H and O–H groups in total. The van der Waals surface area contributed by atoms with Gasteiger partial charge in [0.05, 0.1) is 0 Å². The lowest BCUT2D eigenvalue weighted by Gasteiger charge is -2.38. The van der Waals surface area contributed by atoms with Crippen molar-refractivity contribution in [2.24, 2.45) is 29.6 Å².